The van der Waals surface area contributed by atoms with Crippen molar-refractivity contribution in [1.82, 2.24) is 4.90 Å². The van der Waals surface area contributed by atoms with E-state index in [1.165, 1.54) is 0 Å². The lowest BCUT2D eigenvalue weighted by Gasteiger charge is -2.36. The molecule has 6 nitrogen and oxygen atoms in total. The van der Waals surface area contributed by atoms with Crippen molar-refractivity contribution in [3.8, 4) is 11.5 Å². The minimum atomic E-state index is -0.740. The molecule has 0 radical (unpaired) electrons. The summed E-state index contributed by atoms with van der Waals surface area (Å²) in [5.74, 6) is 0.726. The van der Waals surface area contributed by atoms with E-state index < -0.39 is 12.0 Å². The number of ether oxygens (including phenoxy) is 2. The molecule has 1 heterocycles. The zero-order valence-electron chi connectivity index (χ0n) is 14.0. The number of carbonyl (C=O) groups is 1. The fourth-order valence-electron chi connectivity index (χ4n) is 3.12. The number of nitrogens with zero attached hydrogens (tertiary/aromatic N) is 1. The largest absolute Gasteiger partial charge is 0.497 e. The first kappa shape index (κ1) is 17.4. The summed E-state index contributed by atoms with van der Waals surface area (Å²) in [7, 11) is 3.25. The minimum absolute atomic E-state index is 0.217. The van der Waals surface area contributed by atoms with Crippen molar-refractivity contribution in [2.75, 3.05) is 32.6 Å². The number of carboxylic acid groups (broad SMARTS) is 1. The molecule has 1 aromatic carbocycles. The summed E-state index contributed by atoms with van der Waals surface area (Å²) in [6.45, 7) is 3.48. The van der Waals surface area contributed by atoms with E-state index >= 15 is 0 Å². The van der Waals surface area contributed by atoms with Crippen LogP contribution in [0.4, 0.5) is 5.69 Å². The molecule has 23 heavy (non-hydrogen) atoms. The highest BCUT2D eigenvalue weighted by Crippen LogP contribution is 2.27. The van der Waals surface area contributed by atoms with Crippen LogP contribution >= 0.6 is 0 Å². The molecule has 0 amide bonds. The van der Waals surface area contributed by atoms with Gasteiger partial charge in [-0.3, -0.25) is 9.69 Å². The lowest BCUT2D eigenvalue weighted by Crippen LogP contribution is -2.49. The molecule has 0 saturated carbocycles. The third-order valence-corrected chi connectivity index (χ3v) is 4.29. The van der Waals surface area contributed by atoms with Gasteiger partial charge >= 0.3 is 5.97 Å². The van der Waals surface area contributed by atoms with E-state index in [4.69, 9.17) is 9.47 Å². The zero-order chi connectivity index (χ0) is 16.8. The fraction of sp³-hybridized carbons (Fsp3) is 0.588. The number of aliphatic carboxylic acids is 1. The Hall–Kier alpha value is -1.95. The van der Waals surface area contributed by atoms with Crippen LogP contribution in [0.5, 0.6) is 11.5 Å². The summed E-state index contributed by atoms with van der Waals surface area (Å²) in [6.07, 6.45) is 2.63. The summed E-state index contributed by atoms with van der Waals surface area (Å²) in [5, 5.41) is 12.8. The van der Waals surface area contributed by atoms with E-state index in [0.29, 0.717) is 6.42 Å². The monoisotopic (exact) mass is 322 g/mol. The van der Waals surface area contributed by atoms with E-state index in [1.807, 2.05) is 25.1 Å². The second kappa shape index (κ2) is 8.06. The molecule has 2 atom stereocenters. The molecule has 0 spiro atoms. The Morgan fingerprint density at radius 2 is 2.00 bits per heavy atom. The highest BCUT2D eigenvalue weighted by atomic mass is 16.5. The van der Waals surface area contributed by atoms with Crippen LogP contribution < -0.4 is 14.8 Å². The Bertz CT molecular complexity index is 513. The second-order valence-electron chi connectivity index (χ2n) is 5.84. The molecule has 1 aliphatic rings. The number of rotatable bonds is 7. The van der Waals surface area contributed by atoms with E-state index in [2.05, 4.69) is 10.2 Å². The third kappa shape index (κ3) is 4.51. The van der Waals surface area contributed by atoms with Crippen molar-refractivity contribution in [1.29, 1.82) is 0 Å². The van der Waals surface area contributed by atoms with Gasteiger partial charge in [-0.1, -0.05) is 6.92 Å². The first-order valence-corrected chi connectivity index (χ1v) is 8.03. The molecule has 0 bridgehead atoms. The van der Waals surface area contributed by atoms with Gasteiger partial charge in [-0.15, -0.1) is 0 Å². The van der Waals surface area contributed by atoms with Gasteiger partial charge in [-0.05, 0) is 25.8 Å². The molecule has 6 heteroatoms. The van der Waals surface area contributed by atoms with Gasteiger partial charge in [0, 0.05) is 36.5 Å². The number of hydrogen-bond donors (Lipinski definition) is 2. The fourth-order valence-corrected chi connectivity index (χ4v) is 3.12. The highest BCUT2D eigenvalue weighted by molar-refractivity contribution is 5.73. The van der Waals surface area contributed by atoms with Crippen LogP contribution in [0.1, 0.15) is 26.2 Å². The molecule has 1 aromatic rings. The maximum Gasteiger partial charge on any atom is 0.320 e. The summed E-state index contributed by atoms with van der Waals surface area (Å²) in [4.78, 5) is 13.4. The topological polar surface area (TPSA) is 71.0 Å². The first-order chi connectivity index (χ1) is 11.1. The number of anilines is 1. The third-order valence-electron chi connectivity index (χ3n) is 4.29. The molecule has 128 valence electrons. The molecule has 1 aliphatic heterocycles. The second-order valence-corrected chi connectivity index (χ2v) is 5.84. The van der Waals surface area contributed by atoms with Crippen molar-refractivity contribution in [3.63, 3.8) is 0 Å². The number of carboxylic acids is 1. The number of benzene rings is 1. The summed E-state index contributed by atoms with van der Waals surface area (Å²) in [6, 6.07) is 5.50. The van der Waals surface area contributed by atoms with E-state index in [9.17, 15) is 9.90 Å². The molecule has 1 saturated heterocycles. The lowest BCUT2D eigenvalue weighted by molar-refractivity contribution is -0.143. The first-order valence-electron chi connectivity index (χ1n) is 8.03. The van der Waals surface area contributed by atoms with Gasteiger partial charge in [-0.25, -0.2) is 0 Å². The average Bonchev–Trinajstić information content (AvgIpc) is 2.55. The van der Waals surface area contributed by atoms with Crippen molar-refractivity contribution >= 4 is 11.7 Å². The highest BCUT2D eigenvalue weighted by Gasteiger charge is 2.29. The van der Waals surface area contributed by atoms with Crippen LogP contribution in [-0.4, -0.2) is 55.4 Å². The molecule has 0 aliphatic carbocycles. The number of piperidine rings is 1. The normalized spacial score (nSPS) is 19.9. The summed E-state index contributed by atoms with van der Waals surface area (Å²) < 4.78 is 10.6. The van der Waals surface area contributed by atoms with E-state index in [1.54, 1.807) is 14.2 Å². The van der Waals surface area contributed by atoms with Crippen LogP contribution in [0, 0.1) is 0 Å². The minimum Gasteiger partial charge on any atom is -0.497 e. The molecular weight excluding hydrogens is 296 g/mol. The summed E-state index contributed by atoms with van der Waals surface area (Å²) >= 11 is 0. The standard InChI is InChI=1S/C17H26N2O4/c1-4-16(17(20)21)19-7-5-6-12(11-19)18-13-8-14(22-2)10-15(9-13)23-3/h8-10,12,16,18H,4-7,11H2,1-3H3,(H,20,21)/t12-,16+/m0/s1. The van der Waals surface area contributed by atoms with Gasteiger partial charge in [0.2, 0.25) is 0 Å². The van der Waals surface area contributed by atoms with Crippen LogP contribution in [0.2, 0.25) is 0 Å². The van der Waals surface area contributed by atoms with Gasteiger partial charge in [-0.2, -0.15) is 0 Å². The quantitative estimate of drug-likeness (QED) is 0.803. The molecule has 1 fully saturated rings. The Balaban J connectivity index is 2.06. The van der Waals surface area contributed by atoms with Crippen LogP contribution in [0.15, 0.2) is 18.2 Å². The van der Waals surface area contributed by atoms with Gasteiger partial charge in [0.1, 0.15) is 17.5 Å². The number of nitrogens with one attached hydrogen (secondary N) is 1. The molecule has 0 unspecified atom stereocenters. The van der Waals surface area contributed by atoms with Crippen LogP contribution in [0.3, 0.4) is 0 Å². The lowest BCUT2D eigenvalue weighted by atomic mass is 10.0. The number of hydrogen-bond acceptors (Lipinski definition) is 5. The van der Waals surface area contributed by atoms with Gasteiger partial charge in [0.15, 0.2) is 0 Å². The van der Waals surface area contributed by atoms with E-state index in [0.717, 1.165) is 43.1 Å². The number of methoxy groups -OCH3 is 2. The van der Waals surface area contributed by atoms with E-state index in [-0.39, 0.29) is 6.04 Å². The Kier molecular flexibility index (Phi) is 6.10. The maximum atomic E-state index is 11.4. The zero-order valence-corrected chi connectivity index (χ0v) is 14.0. The Morgan fingerprint density at radius 1 is 1.35 bits per heavy atom. The Labute approximate surface area is 137 Å². The van der Waals surface area contributed by atoms with Crippen molar-refractivity contribution < 1.29 is 19.4 Å². The van der Waals surface area contributed by atoms with Gasteiger partial charge in [0.05, 0.1) is 14.2 Å². The Morgan fingerprint density at radius 3 is 2.52 bits per heavy atom. The maximum absolute atomic E-state index is 11.4. The molecular formula is C17H26N2O4. The predicted octanol–water partition coefficient (Wildman–Crippen LogP) is 2.44. The molecule has 0 aromatic heterocycles. The van der Waals surface area contributed by atoms with Crippen molar-refractivity contribution in [2.24, 2.45) is 0 Å². The molecule has 2 N–H and O–H groups in total. The van der Waals surface area contributed by atoms with Crippen molar-refractivity contribution in [3.05, 3.63) is 18.2 Å². The predicted molar refractivity (Wildman–Crippen MR) is 89.5 cm³/mol. The SMILES string of the molecule is CC[C@H](C(=O)O)N1CCC[C@H](Nc2cc(OC)cc(OC)c2)C1. The van der Waals surface area contributed by atoms with Crippen molar-refractivity contribution in [2.45, 2.75) is 38.3 Å². The number of likely N-dealkylation sites (tertiary alicyclic amines) is 1. The van der Waals surface area contributed by atoms with Crippen LogP contribution in [-0.2, 0) is 4.79 Å². The summed E-state index contributed by atoms with van der Waals surface area (Å²) in [5.41, 5.74) is 0.927. The van der Waals surface area contributed by atoms with Gasteiger partial charge < -0.3 is 19.9 Å². The smallest absolute Gasteiger partial charge is 0.320 e. The van der Waals surface area contributed by atoms with Gasteiger partial charge in [0.25, 0.3) is 0 Å². The molecule has 2 rings (SSSR count). The van der Waals surface area contributed by atoms with Crippen LogP contribution in [0.25, 0.3) is 0 Å². The average molecular weight is 322 g/mol.